The number of anilines is 1. The Bertz CT molecular complexity index is 1120. The number of halogens is 1. The van der Waals surface area contributed by atoms with Crippen molar-refractivity contribution in [3.63, 3.8) is 0 Å². The summed E-state index contributed by atoms with van der Waals surface area (Å²) in [5.74, 6) is 0.492. The van der Waals surface area contributed by atoms with Gasteiger partial charge in [-0.3, -0.25) is 4.79 Å². The third-order valence-electron chi connectivity index (χ3n) is 6.54. The zero-order chi connectivity index (χ0) is 21.7. The number of hydrogen-bond donors (Lipinski definition) is 0. The van der Waals surface area contributed by atoms with Crippen LogP contribution in [0.1, 0.15) is 33.7 Å². The molecule has 5 rings (SSSR count). The number of aryl methyl sites for hydroxylation is 2. The van der Waals surface area contributed by atoms with Crippen molar-refractivity contribution in [3.8, 4) is 5.69 Å². The molecule has 8 nitrogen and oxygen atoms in total. The molecule has 0 unspecified atom stereocenters. The molecule has 3 aromatic rings. The Morgan fingerprint density at radius 3 is 2.48 bits per heavy atom. The average molecular weight is 421 g/mol. The van der Waals surface area contributed by atoms with Crippen LogP contribution in [0.25, 0.3) is 5.69 Å². The van der Waals surface area contributed by atoms with Crippen LogP contribution in [0.2, 0.25) is 0 Å². The van der Waals surface area contributed by atoms with Crippen LogP contribution in [0.5, 0.6) is 0 Å². The van der Waals surface area contributed by atoms with Gasteiger partial charge in [0.25, 0.3) is 5.91 Å². The average Bonchev–Trinajstić information content (AvgIpc) is 3.27. The molecule has 2 fully saturated rings. The van der Waals surface area contributed by atoms with Gasteiger partial charge in [-0.1, -0.05) is 0 Å². The number of aromatic nitrogens is 5. The summed E-state index contributed by atoms with van der Waals surface area (Å²) >= 11 is 0. The van der Waals surface area contributed by atoms with E-state index in [0.717, 1.165) is 29.9 Å². The number of carbonyl (C=O) groups excluding carboxylic acids is 1. The van der Waals surface area contributed by atoms with Crippen LogP contribution in [-0.2, 0) is 0 Å². The van der Waals surface area contributed by atoms with Crippen molar-refractivity contribution >= 4 is 11.9 Å². The van der Waals surface area contributed by atoms with Crippen molar-refractivity contribution in [2.24, 2.45) is 5.92 Å². The lowest BCUT2D eigenvalue weighted by atomic mass is 9.81. The van der Waals surface area contributed by atoms with Gasteiger partial charge in [-0.15, -0.1) is 0 Å². The van der Waals surface area contributed by atoms with Gasteiger partial charge < -0.3 is 9.80 Å². The van der Waals surface area contributed by atoms with Crippen molar-refractivity contribution in [2.45, 2.75) is 33.2 Å². The maximum absolute atomic E-state index is 14.0. The first kappa shape index (κ1) is 19.6. The van der Waals surface area contributed by atoms with Crippen LogP contribution in [0.15, 0.2) is 30.6 Å². The highest BCUT2D eigenvalue weighted by atomic mass is 19.1. The second kappa shape index (κ2) is 7.40. The van der Waals surface area contributed by atoms with E-state index in [-0.39, 0.29) is 17.5 Å². The van der Waals surface area contributed by atoms with E-state index in [9.17, 15) is 9.18 Å². The number of rotatable bonds is 3. The largest absolute Gasteiger partial charge is 0.339 e. The van der Waals surface area contributed by atoms with Gasteiger partial charge in [0.1, 0.15) is 5.82 Å². The minimum atomic E-state index is -0.458. The third kappa shape index (κ3) is 3.34. The van der Waals surface area contributed by atoms with Gasteiger partial charge in [0.15, 0.2) is 0 Å². The fourth-order valence-corrected chi connectivity index (χ4v) is 4.46. The van der Waals surface area contributed by atoms with E-state index < -0.39 is 5.82 Å². The second-order valence-corrected chi connectivity index (χ2v) is 8.32. The molecule has 31 heavy (non-hydrogen) atoms. The van der Waals surface area contributed by atoms with E-state index in [1.54, 1.807) is 6.07 Å². The minimum absolute atomic E-state index is 0.0495. The number of amides is 1. The van der Waals surface area contributed by atoms with Crippen molar-refractivity contribution in [3.05, 3.63) is 58.9 Å². The number of nitrogens with zero attached hydrogens (tertiary/aromatic N) is 7. The summed E-state index contributed by atoms with van der Waals surface area (Å²) in [6.07, 6.45) is 4.03. The minimum Gasteiger partial charge on any atom is -0.339 e. The Morgan fingerprint density at radius 1 is 1.06 bits per heavy atom. The predicted molar refractivity (Wildman–Crippen MR) is 113 cm³/mol. The van der Waals surface area contributed by atoms with Gasteiger partial charge in [-0.25, -0.2) is 14.4 Å². The molecule has 0 N–H and O–H groups in total. The standard InChI is InChI=1S/C22H24FN7O/c1-13-14(2)26-22(27-15(13)3)28-9-6-16-11-29(20(16)12-28)21(31)18-10-17(23)4-5-19(18)30-24-7-8-25-30/h4-5,7-8,10,16,20H,6,9,11-12H2,1-3H3/t16-,20-/m1/s1. The Morgan fingerprint density at radius 2 is 1.77 bits per heavy atom. The van der Waals surface area contributed by atoms with E-state index in [1.165, 1.54) is 29.3 Å². The summed E-state index contributed by atoms with van der Waals surface area (Å²) in [4.78, 5) is 28.1. The summed E-state index contributed by atoms with van der Waals surface area (Å²) in [5.41, 5.74) is 3.79. The lowest BCUT2D eigenvalue weighted by molar-refractivity contribution is 0.00762. The van der Waals surface area contributed by atoms with Crippen LogP contribution in [-0.4, -0.2) is 61.4 Å². The van der Waals surface area contributed by atoms with Gasteiger partial charge in [0.2, 0.25) is 5.95 Å². The molecule has 0 bridgehead atoms. The summed E-state index contributed by atoms with van der Waals surface area (Å²) < 4.78 is 14.0. The van der Waals surface area contributed by atoms with Gasteiger partial charge in [-0.05, 0) is 51.0 Å². The Kier molecular flexibility index (Phi) is 4.68. The zero-order valence-corrected chi connectivity index (χ0v) is 17.8. The lowest BCUT2D eigenvalue weighted by Crippen LogP contribution is -2.66. The van der Waals surface area contributed by atoms with Crippen molar-refractivity contribution in [1.29, 1.82) is 0 Å². The molecule has 2 aliphatic rings. The molecule has 4 heterocycles. The molecule has 160 valence electrons. The van der Waals surface area contributed by atoms with E-state index >= 15 is 0 Å². The van der Waals surface area contributed by atoms with Crippen LogP contribution in [0, 0.1) is 32.5 Å². The molecule has 0 aliphatic carbocycles. The highest BCUT2D eigenvalue weighted by molar-refractivity contribution is 5.98. The van der Waals surface area contributed by atoms with Gasteiger partial charge in [0.05, 0.1) is 29.7 Å². The van der Waals surface area contributed by atoms with Crippen molar-refractivity contribution < 1.29 is 9.18 Å². The molecule has 2 aliphatic heterocycles. The highest BCUT2D eigenvalue weighted by Gasteiger charge is 2.46. The van der Waals surface area contributed by atoms with Crippen LogP contribution in [0.4, 0.5) is 10.3 Å². The van der Waals surface area contributed by atoms with Gasteiger partial charge in [-0.2, -0.15) is 15.0 Å². The molecule has 0 radical (unpaired) electrons. The van der Waals surface area contributed by atoms with Crippen LogP contribution < -0.4 is 4.90 Å². The predicted octanol–water partition coefficient (Wildman–Crippen LogP) is 2.47. The Labute approximate surface area is 179 Å². The van der Waals surface area contributed by atoms with Gasteiger partial charge >= 0.3 is 0 Å². The number of piperidine rings is 1. The number of likely N-dealkylation sites (tertiary alicyclic amines) is 1. The first-order valence-corrected chi connectivity index (χ1v) is 10.5. The summed E-state index contributed by atoms with van der Waals surface area (Å²) in [6, 6.07) is 4.17. The van der Waals surface area contributed by atoms with E-state index in [0.29, 0.717) is 30.6 Å². The third-order valence-corrected chi connectivity index (χ3v) is 6.54. The molecule has 0 spiro atoms. The smallest absolute Gasteiger partial charge is 0.256 e. The number of hydrogen-bond acceptors (Lipinski definition) is 6. The quantitative estimate of drug-likeness (QED) is 0.646. The number of benzene rings is 1. The fraction of sp³-hybridized carbons (Fsp3) is 0.409. The van der Waals surface area contributed by atoms with Gasteiger partial charge in [0, 0.05) is 36.9 Å². The lowest BCUT2D eigenvalue weighted by Gasteiger charge is -2.53. The fourth-order valence-electron chi connectivity index (χ4n) is 4.46. The van der Waals surface area contributed by atoms with E-state index in [2.05, 4.69) is 25.1 Å². The summed E-state index contributed by atoms with van der Waals surface area (Å²) in [6.45, 7) is 8.23. The second-order valence-electron chi connectivity index (χ2n) is 8.32. The van der Waals surface area contributed by atoms with Crippen LogP contribution >= 0.6 is 0 Å². The molecule has 9 heteroatoms. The molecule has 1 aromatic carbocycles. The Balaban J connectivity index is 1.40. The zero-order valence-electron chi connectivity index (χ0n) is 17.8. The first-order chi connectivity index (χ1) is 14.9. The van der Waals surface area contributed by atoms with E-state index in [1.807, 2.05) is 25.7 Å². The SMILES string of the molecule is Cc1nc(N2CC[C@@H]3CN(C(=O)c4cc(F)ccc4-n4nccn4)[C@@H]3C2)nc(C)c1C. The molecule has 0 saturated carbocycles. The molecule has 2 atom stereocenters. The van der Waals surface area contributed by atoms with Crippen LogP contribution in [0.3, 0.4) is 0 Å². The molecular weight excluding hydrogens is 397 g/mol. The first-order valence-electron chi connectivity index (χ1n) is 10.5. The molecule has 2 saturated heterocycles. The normalized spacial score (nSPS) is 20.4. The van der Waals surface area contributed by atoms with Crippen molar-refractivity contribution in [2.75, 3.05) is 24.5 Å². The highest BCUT2D eigenvalue weighted by Crippen LogP contribution is 2.35. The van der Waals surface area contributed by atoms with Crippen molar-refractivity contribution in [1.82, 2.24) is 29.9 Å². The maximum Gasteiger partial charge on any atom is 0.256 e. The summed E-state index contributed by atoms with van der Waals surface area (Å²) in [7, 11) is 0. The topological polar surface area (TPSA) is 80.0 Å². The maximum atomic E-state index is 14.0. The monoisotopic (exact) mass is 421 g/mol. The molecule has 2 aromatic heterocycles. The summed E-state index contributed by atoms with van der Waals surface area (Å²) in [5, 5.41) is 8.21. The Hall–Kier alpha value is -3.36. The molecular formula is C22H24FN7O. The van der Waals surface area contributed by atoms with E-state index in [4.69, 9.17) is 0 Å². The number of carbonyl (C=O) groups is 1. The number of fused-ring (bicyclic) bond motifs is 1. The molecule has 1 amide bonds.